The fraction of sp³-hybridized carbons (Fsp3) is 0.619. The summed E-state index contributed by atoms with van der Waals surface area (Å²) in [6, 6.07) is 7.78. The number of rotatable bonds is 4. The number of fused-ring (bicyclic) bond motifs is 1. The maximum Gasteiger partial charge on any atom is 0.254 e. The molecule has 0 spiro atoms. The molecule has 1 aromatic rings. The first-order valence-electron chi connectivity index (χ1n) is 10.2. The molecule has 0 aliphatic carbocycles. The van der Waals surface area contributed by atoms with Crippen molar-refractivity contribution in [3.8, 4) is 0 Å². The smallest absolute Gasteiger partial charge is 0.254 e. The van der Waals surface area contributed by atoms with E-state index in [2.05, 4.69) is 5.32 Å². The fourth-order valence-corrected chi connectivity index (χ4v) is 5.51. The lowest BCUT2D eigenvalue weighted by atomic mass is 9.92. The van der Waals surface area contributed by atoms with Crippen molar-refractivity contribution in [3.05, 3.63) is 29.8 Å². The monoisotopic (exact) mass is 387 g/mol. The van der Waals surface area contributed by atoms with E-state index in [9.17, 15) is 9.59 Å². The number of amides is 2. The molecule has 3 fully saturated rings. The van der Waals surface area contributed by atoms with Gasteiger partial charge in [0.05, 0.1) is 11.3 Å². The van der Waals surface area contributed by atoms with Crippen LogP contribution >= 0.6 is 11.8 Å². The Bertz CT molecular complexity index is 676. The van der Waals surface area contributed by atoms with Crippen LogP contribution in [0.2, 0.25) is 0 Å². The molecule has 0 bridgehead atoms. The summed E-state index contributed by atoms with van der Waals surface area (Å²) in [5.74, 6) is 2.16. The van der Waals surface area contributed by atoms with Gasteiger partial charge in [-0.25, -0.2) is 0 Å². The molecule has 3 aliphatic heterocycles. The van der Waals surface area contributed by atoms with Gasteiger partial charge in [-0.3, -0.25) is 9.59 Å². The van der Waals surface area contributed by atoms with Gasteiger partial charge in [0.2, 0.25) is 5.91 Å². The third kappa shape index (κ3) is 4.32. The number of nitrogens with zero attached hydrogens (tertiary/aromatic N) is 2. The Kier molecular flexibility index (Phi) is 6.03. The number of nitrogens with one attached hydrogen (secondary N) is 1. The number of carbonyl (C=O) groups is 2. The molecule has 146 valence electrons. The summed E-state index contributed by atoms with van der Waals surface area (Å²) in [6.45, 7) is 5.63. The van der Waals surface area contributed by atoms with Crippen LogP contribution in [0.1, 0.15) is 36.0 Å². The minimum Gasteiger partial charge on any atom is -0.342 e. The van der Waals surface area contributed by atoms with E-state index in [1.807, 2.05) is 34.1 Å². The Hall–Kier alpha value is -1.53. The third-order valence-electron chi connectivity index (χ3n) is 6.23. The van der Waals surface area contributed by atoms with Crippen LogP contribution in [0, 0.1) is 11.8 Å². The summed E-state index contributed by atoms with van der Waals surface area (Å²) >= 11 is 1.51. The third-order valence-corrected chi connectivity index (χ3v) is 7.29. The number of benzene rings is 1. The highest BCUT2D eigenvalue weighted by Gasteiger charge is 2.32. The summed E-state index contributed by atoms with van der Waals surface area (Å²) in [4.78, 5) is 30.5. The topological polar surface area (TPSA) is 52.7 Å². The highest BCUT2D eigenvalue weighted by molar-refractivity contribution is 8.00. The quantitative estimate of drug-likeness (QED) is 0.807. The molecule has 4 rings (SSSR count). The highest BCUT2D eigenvalue weighted by atomic mass is 32.2. The van der Waals surface area contributed by atoms with Crippen LogP contribution in [0.5, 0.6) is 0 Å². The molecule has 2 atom stereocenters. The summed E-state index contributed by atoms with van der Waals surface area (Å²) in [6.07, 6.45) is 4.40. The van der Waals surface area contributed by atoms with E-state index in [0.29, 0.717) is 17.6 Å². The highest BCUT2D eigenvalue weighted by Crippen LogP contribution is 2.29. The average Bonchev–Trinajstić information content (AvgIpc) is 3.35. The number of likely N-dealkylation sites (tertiary alicyclic amines) is 2. The molecule has 27 heavy (non-hydrogen) atoms. The molecule has 1 aromatic carbocycles. The van der Waals surface area contributed by atoms with Crippen molar-refractivity contribution >= 4 is 23.6 Å². The van der Waals surface area contributed by atoms with Crippen LogP contribution in [0.25, 0.3) is 0 Å². The van der Waals surface area contributed by atoms with Gasteiger partial charge in [0.25, 0.3) is 5.91 Å². The van der Waals surface area contributed by atoms with Crippen LogP contribution in [0.4, 0.5) is 0 Å². The average molecular weight is 388 g/mol. The zero-order chi connectivity index (χ0) is 18.6. The largest absolute Gasteiger partial charge is 0.342 e. The Balaban J connectivity index is 1.40. The molecule has 0 radical (unpaired) electrons. The first-order chi connectivity index (χ1) is 13.2. The number of hydrogen-bond donors (Lipinski definition) is 1. The molecule has 1 N–H and O–H groups in total. The minimum atomic E-state index is 0.125. The molecule has 0 saturated carbocycles. The maximum absolute atomic E-state index is 13.2. The summed E-state index contributed by atoms with van der Waals surface area (Å²) in [7, 11) is 0. The zero-order valence-corrected chi connectivity index (χ0v) is 16.7. The van der Waals surface area contributed by atoms with Crippen LogP contribution in [0.15, 0.2) is 29.2 Å². The van der Waals surface area contributed by atoms with Gasteiger partial charge in [-0.1, -0.05) is 12.1 Å². The van der Waals surface area contributed by atoms with Gasteiger partial charge in [0.15, 0.2) is 0 Å². The molecule has 3 saturated heterocycles. The molecular weight excluding hydrogens is 358 g/mol. The van der Waals surface area contributed by atoms with Crippen molar-refractivity contribution in [1.82, 2.24) is 15.1 Å². The fourth-order valence-electron chi connectivity index (χ4n) is 4.56. The SMILES string of the molecule is O=C(CSc1ccccc1C(=O)N1CC[C@@H]2CNC[C@@H]2CC1)N1CCCC1. The van der Waals surface area contributed by atoms with E-state index in [0.717, 1.165) is 75.4 Å². The van der Waals surface area contributed by atoms with Crippen LogP contribution in [-0.4, -0.2) is 66.6 Å². The van der Waals surface area contributed by atoms with Crippen molar-refractivity contribution in [2.75, 3.05) is 45.0 Å². The predicted molar refractivity (Wildman–Crippen MR) is 108 cm³/mol. The molecule has 0 unspecified atom stereocenters. The van der Waals surface area contributed by atoms with E-state index >= 15 is 0 Å². The van der Waals surface area contributed by atoms with Crippen LogP contribution in [0.3, 0.4) is 0 Å². The van der Waals surface area contributed by atoms with Gasteiger partial charge < -0.3 is 15.1 Å². The number of thioether (sulfide) groups is 1. The van der Waals surface area contributed by atoms with Gasteiger partial charge in [0.1, 0.15) is 0 Å². The second kappa shape index (κ2) is 8.65. The van der Waals surface area contributed by atoms with E-state index in [-0.39, 0.29) is 11.8 Å². The molecule has 5 nitrogen and oxygen atoms in total. The minimum absolute atomic E-state index is 0.125. The molecule has 2 amide bonds. The molecule has 0 aromatic heterocycles. The number of hydrogen-bond acceptors (Lipinski definition) is 4. The van der Waals surface area contributed by atoms with Crippen molar-refractivity contribution in [2.24, 2.45) is 11.8 Å². The zero-order valence-electron chi connectivity index (χ0n) is 15.9. The van der Waals surface area contributed by atoms with E-state index in [4.69, 9.17) is 0 Å². The maximum atomic E-state index is 13.2. The van der Waals surface area contributed by atoms with Gasteiger partial charge in [-0.2, -0.15) is 0 Å². The molecule has 3 heterocycles. The van der Waals surface area contributed by atoms with Crippen molar-refractivity contribution < 1.29 is 9.59 Å². The van der Waals surface area contributed by atoms with E-state index < -0.39 is 0 Å². The summed E-state index contributed by atoms with van der Waals surface area (Å²) in [5, 5.41) is 3.48. The van der Waals surface area contributed by atoms with Gasteiger partial charge in [0, 0.05) is 31.1 Å². The van der Waals surface area contributed by atoms with Crippen molar-refractivity contribution in [3.63, 3.8) is 0 Å². The lowest BCUT2D eigenvalue weighted by Gasteiger charge is -2.22. The first kappa shape index (κ1) is 18.8. The first-order valence-corrected chi connectivity index (χ1v) is 11.2. The van der Waals surface area contributed by atoms with Crippen molar-refractivity contribution in [2.45, 2.75) is 30.6 Å². The summed E-state index contributed by atoms with van der Waals surface area (Å²) in [5.41, 5.74) is 0.752. The van der Waals surface area contributed by atoms with Gasteiger partial charge >= 0.3 is 0 Å². The Morgan fingerprint density at radius 2 is 1.63 bits per heavy atom. The van der Waals surface area contributed by atoms with Crippen molar-refractivity contribution in [1.29, 1.82) is 0 Å². The normalized spacial score (nSPS) is 25.3. The Labute approximate surface area is 165 Å². The standard InChI is InChI=1S/C21H29N3O2S/c25-20(23-9-3-4-10-23)15-27-19-6-2-1-5-18(19)21(26)24-11-7-16-13-22-14-17(16)8-12-24/h1-2,5-6,16-17,22H,3-4,7-15H2/t16-,17+. The van der Waals surface area contributed by atoms with Crippen LogP contribution in [-0.2, 0) is 4.79 Å². The Morgan fingerprint density at radius 1 is 0.963 bits per heavy atom. The van der Waals surface area contributed by atoms with E-state index in [1.165, 1.54) is 11.8 Å². The Morgan fingerprint density at radius 3 is 2.33 bits per heavy atom. The van der Waals surface area contributed by atoms with Crippen LogP contribution < -0.4 is 5.32 Å². The van der Waals surface area contributed by atoms with E-state index in [1.54, 1.807) is 0 Å². The molecular formula is C21H29N3O2S. The number of carbonyl (C=O) groups excluding carboxylic acids is 2. The second-order valence-corrected chi connectivity index (χ2v) is 8.94. The van der Waals surface area contributed by atoms with Gasteiger partial charge in [-0.15, -0.1) is 11.8 Å². The second-order valence-electron chi connectivity index (χ2n) is 7.92. The van der Waals surface area contributed by atoms with Gasteiger partial charge in [-0.05, 0) is 62.7 Å². The summed E-state index contributed by atoms with van der Waals surface area (Å²) < 4.78 is 0. The predicted octanol–water partition coefficient (Wildman–Crippen LogP) is 2.47. The lowest BCUT2D eigenvalue weighted by Crippen LogP contribution is -2.33. The molecule has 6 heteroatoms. The lowest BCUT2D eigenvalue weighted by molar-refractivity contribution is -0.127. The molecule has 3 aliphatic rings.